The lowest BCUT2D eigenvalue weighted by Crippen LogP contribution is -2.17. The van der Waals surface area contributed by atoms with Gasteiger partial charge in [0.2, 0.25) is 0 Å². The molecule has 0 radical (unpaired) electrons. The van der Waals surface area contributed by atoms with Crippen molar-refractivity contribution in [2.45, 2.75) is 0 Å². The first-order valence-corrected chi connectivity index (χ1v) is 6.80. The van der Waals surface area contributed by atoms with Crippen molar-refractivity contribution in [1.82, 2.24) is 4.98 Å². The van der Waals surface area contributed by atoms with Crippen LogP contribution in [-0.2, 0) is 0 Å². The minimum Gasteiger partial charge on any atom is -0.497 e. The van der Waals surface area contributed by atoms with Crippen LogP contribution < -0.4 is 21.1 Å². The van der Waals surface area contributed by atoms with E-state index in [1.165, 1.54) is 0 Å². The molecule has 1 aromatic heterocycles. The van der Waals surface area contributed by atoms with Gasteiger partial charge >= 0.3 is 0 Å². The number of primary amides is 1. The van der Waals surface area contributed by atoms with Gasteiger partial charge in [-0.05, 0) is 24.3 Å². The highest BCUT2D eigenvalue weighted by molar-refractivity contribution is 7.20. The summed E-state index contributed by atoms with van der Waals surface area (Å²) in [7, 11) is 3.21. The van der Waals surface area contributed by atoms with E-state index in [-0.39, 0.29) is 11.6 Å². The van der Waals surface area contributed by atoms with E-state index in [0.717, 1.165) is 11.3 Å². The van der Waals surface area contributed by atoms with Crippen LogP contribution in [0.2, 0.25) is 0 Å². The van der Waals surface area contributed by atoms with E-state index in [2.05, 4.69) is 15.6 Å². The predicted octanol–water partition coefficient (Wildman–Crippen LogP) is 1.54. The summed E-state index contributed by atoms with van der Waals surface area (Å²) >= 11 is 1.14. The number of hydrogen-bond donors (Lipinski definition) is 3. The highest BCUT2D eigenvalue weighted by Gasteiger charge is 2.18. The van der Waals surface area contributed by atoms with Gasteiger partial charge < -0.3 is 21.1 Å². The van der Waals surface area contributed by atoms with Crippen molar-refractivity contribution >= 4 is 33.3 Å². The van der Waals surface area contributed by atoms with Crippen LogP contribution in [0, 0.1) is 0 Å². The molecule has 0 saturated carbocycles. The van der Waals surface area contributed by atoms with Crippen LogP contribution in [0.15, 0.2) is 24.3 Å². The zero-order valence-electron chi connectivity index (χ0n) is 11.5. The molecule has 0 bridgehead atoms. The van der Waals surface area contributed by atoms with Crippen molar-refractivity contribution in [3.05, 3.63) is 35.5 Å². The molecule has 0 unspecified atom stereocenters. The number of hydrogen-bond acceptors (Lipinski definition) is 6. The largest absolute Gasteiger partial charge is 0.497 e. The third-order valence-electron chi connectivity index (χ3n) is 2.65. The minimum absolute atomic E-state index is 0.0335. The van der Waals surface area contributed by atoms with Gasteiger partial charge in [-0.15, -0.1) is 0 Å². The van der Waals surface area contributed by atoms with E-state index < -0.39 is 5.91 Å². The zero-order valence-corrected chi connectivity index (χ0v) is 12.3. The van der Waals surface area contributed by atoms with Crippen molar-refractivity contribution in [2.24, 2.45) is 5.73 Å². The molecule has 1 heterocycles. The van der Waals surface area contributed by atoms with Crippen molar-refractivity contribution in [1.29, 1.82) is 0 Å². The molecular formula is C13H14N4O3S. The van der Waals surface area contributed by atoms with Gasteiger partial charge in [-0.3, -0.25) is 9.59 Å². The van der Waals surface area contributed by atoms with E-state index >= 15 is 0 Å². The first-order valence-electron chi connectivity index (χ1n) is 5.99. The molecule has 2 amide bonds. The first kappa shape index (κ1) is 14.8. The molecule has 0 saturated heterocycles. The molecule has 0 aliphatic carbocycles. The second-order valence-corrected chi connectivity index (χ2v) is 4.99. The van der Waals surface area contributed by atoms with Gasteiger partial charge in [0, 0.05) is 12.6 Å². The number of amides is 2. The summed E-state index contributed by atoms with van der Waals surface area (Å²) in [6.45, 7) is 0. The molecule has 2 rings (SSSR count). The lowest BCUT2D eigenvalue weighted by atomic mass is 10.2. The first-order chi connectivity index (χ1) is 10.0. The van der Waals surface area contributed by atoms with E-state index in [1.54, 1.807) is 38.4 Å². The summed E-state index contributed by atoms with van der Waals surface area (Å²) in [5.41, 5.74) is 5.71. The van der Waals surface area contributed by atoms with Crippen molar-refractivity contribution in [3.63, 3.8) is 0 Å². The Morgan fingerprint density at radius 1 is 1.29 bits per heavy atom. The maximum atomic E-state index is 12.1. The third-order valence-corrected chi connectivity index (χ3v) is 3.64. The van der Waals surface area contributed by atoms with E-state index in [9.17, 15) is 9.59 Å². The molecule has 2 aromatic rings. The Hall–Kier alpha value is -2.61. The molecule has 110 valence electrons. The summed E-state index contributed by atoms with van der Waals surface area (Å²) < 4.78 is 5.03. The van der Waals surface area contributed by atoms with Gasteiger partial charge in [0.25, 0.3) is 11.8 Å². The zero-order chi connectivity index (χ0) is 15.4. The molecule has 0 atom stereocenters. The van der Waals surface area contributed by atoms with Crippen molar-refractivity contribution < 1.29 is 14.3 Å². The van der Waals surface area contributed by atoms with Crippen molar-refractivity contribution in [2.75, 3.05) is 24.8 Å². The average Bonchev–Trinajstić information content (AvgIpc) is 2.90. The van der Waals surface area contributed by atoms with Crippen LogP contribution in [0.3, 0.4) is 0 Å². The Bertz CT molecular complexity index is 667. The molecule has 0 aliphatic rings. The molecule has 0 spiro atoms. The molecular weight excluding hydrogens is 292 g/mol. The number of rotatable bonds is 5. The summed E-state index contributed by atoms with van der Waals surface area (Å²) in [4.78, 5) is 27.5. The Kier molecular flexibility index (Phi) is 4.39. The number of anilines is 2. The molecule has 1 aromatic carbocycles. The number of nitrogens with one attached hydrogen (secondary N) is 2. The molecule has 21 heavy (non-hydrogen) atoms. The van der Waals surface area contributed by atoms with Gasteiger partial charge in [0.1, 0.15) is 10.8 Å². The molecule has 8 heteroatoms. The fraction of sp³-hybridized carbons (Fsp3) is 0.154. The van der Waals surface area contributed by atoms with Crippen LogP contribution in [0.4, 0.5) is 10.1 Å². The third kappa shape index (κ3) is 3.29. The van der Waals surface area contributed by atoms with Gasteiger partial charge in [0.05, 0.1) is 7.11 Å². The standard InChI is InChI=1S/C13H14N4O3S/c1-15-13-16-9(10(14)18)12(21-13)17-11(19)7-3-5-8(20-2)6-4-7/h3-6H,1-2H3,(H2,14,18)(H,15,16)(H,17,19). The summed E-state index contributed by atoms with van der Waals surface area (Å²) in [5, 5.41) is 6.25. The Labute approximate surface area is 125 Å². The number of ether oxygens (including phenoxy) is 1. The van der Waals surface area contributed by atoms with Gasteiger partial charge in [-0.2, -0.15) is 0 Å². The fourth-order valence-corrected chi connectivity index (χ4v) is 2.42. The van der Waals surface area contributed by atoms with Crippen LogP contribution in [0.1, 0.15) is 20.8 Å². The second-order valence-electron chi connectivity index (χ2n) is 3.99. The highest BCUT2D eigenvalue weighted by atomic mass is 32.1. The molecule has 0 fully saturated rings. The highest BCUT2D eigenvalue weighted by Crippen LogP contribution is 2.28. The van der Waals surface area contributed by atoms with Crippen LogP contribution in [0.25, 0.3) is 0 Å². The number of methoxy groups -OCH3 is 1. The number of carbonyl (C=O) groups excluding carboxylic acids is 2. The average molecular weight is 306 g/mol. The van der Waals surface area contributed by atoms with E-state index in [0.29, 0.717) is 21.4 Å². The molecule has 0 aliphatic heterocycles. The van der Waals surface area contributed by atoms with Crippen LogP contribution in [0.5, 0.6) is 5.75 Å². The quantitative estimate of drug-likeness (QED) is 0.777. The van der Waals surface area contributed by atoms with E-state index in [1.807, 2.05) is 0 Å². The lowest BCUT2D eigenvalue weighted by molar-refractivity contribution is 0.0997. The number of aromatic nitrogens is 1. The Morgan fingerprint density at radius 2 is 1.95 bits per heavy atom. The Balaban J connectivity index is 2.22. The minimum atomic E-state index is -0.696. The summed E-state index contributed by atoms with van der Waals surface area (Å²) in [6.07, 6.45) is 0. The van der Waals surface area contributed by atoms with Gasteiger partial charge in [0.15, 0.2) is 10.8 Å². The topological polar surface area (TPSA) is 106 Å². The number of carbonyl (C=O) groups is 2. The summed E-state index contributed by atoms with van der Waals surface area (Å²) in [6, 6.07) is 6.60. The van der Waals surface area contributed by atoms with Gasteiger partial charge in [-0.25, -0.2) is 4.98 Å². The SMILES string of the molecule is CNc1nc(C(N)=O)c(NC(=O)c2ccc(OC)cc2)s1. The lowest BCUT2D eigenvalue weighted by Gasteiger charge is -2.04. The van der Waals surface area contributed by atoms with Crippen LogP contribution >= 0.6 is 11.3 Å². The number of thiazole rings is 1. The fourth-order valence-electron chi connectivity index (χ4n) is 1.60. The number of nitrogens with zero attached hydrogens (tertiary/aromatic N) is 1. The van der Waals surface area contributed by atoms with Crippen molar-refractivity contribution in [3.8, 4) is 5.75 Å². The van der Waals surface area contributed by atoms with Crippen LogP contribution in [-0.4, -0.2) is 31.0 Å². The monoisotopic (exact) mass is 306 g/mol. The maximum absolute atomic E-state index is 12.1. The normalized spacial score (nSPS) is 10.0. The second kappa shape index (κ2) is 6.23. The Morgan fingerprint density at radius 3 is 2.48 bits per heavy atom. The number of nitrogens with two attached hydrogens (primary N) is 1. The number of benzene rings is 1. The summed E-state index contributed by atoms with van der Waals surface area (Å²) in [5.74, 6) is -0.399. The predicted molar refractivity (Wildman–Crippen MR) is 81.1 cm³/mol. The molecule has 7 nitrogen and oxygen atoms in total. The van der Waals surface area contributed by atoms with E-state index in [4.69, 9.17) is 10.5 Å². The molecule has 4 N–H and O–H groups in total. The smallest absolute Gasteiger partial charge is 0.270 e. The maximum Gasteiger partial charge on any atom is 0.270 e. The van der Waals surface area contributed by atoms with Gasteiger partial charge in [-0.1, -0.05) is 11.3 Å².